The van der Waals surface area contributed by atoms with E-state index in [1.165, 1.54) is 12.4 Å². The number of carbonyl (C=O) groups is 1. The number of amides is 1. The maximum atomic E-state index is 12.2. The highest BCUT2D eigenvalue weighted by atomic mass is 35.5. The van der Waals surface area contributed by atoms with E-state index >= 15 is 0 Å². The Hall–Kier alpha value is -3.25. The van der Waals surface area contributed by atoms with Crippen molar-refractivity contribution in [2.45, 2.75) is 0 Å². The lowest BCUT2D eigenvalue weighted by Gasteiger charge is -2.04. The highest BCUT2D eigenvalue weighted by molar-refractivity contribution is 6.30. The maximum absolute atomic E-state index is 12.2. The highest BCUT2D eigenvalue weighted by Crippen LogP contribution is 2.20. The van der Waals surface area contributed by atoms with E-state index in [4.69, 9.17) is 16.3 Å². The van der Waals surface area contributed by atoms with Gasteiger partial charge in [0.25, 0.3) is 5.91 Å². The Morgan fingerprint density at radius 1 is 1.12 bits per heavy atom. The molecule has 26 heavy (non-hydrogen) atoms. The molecule has 0 unspecified atom stereocenters. The maximum Gasteiger partial charge on any atom is 0.291 e. The van der Waals surface area contributed by atoms with Crippen LogP contribution in [-0.2, 0) is 0 Å². The number of hydrazone groups is 1. The van der Waals surface area contributed by atoms with Gasteiger partial charge in [0, 0.05) is 10.6 Å². The van der Waals surface area contributed by atoms with E-state index in [-0.39, 0.29) is 5.69 Å². The van der Waals surface area contributed by atoms with Crippen molar-refractivity contribution in [1.29, 1.82) is 0 Å². The lowest BCUT2D eigenvalue weighted by Crippen LogP contribution is -2.19. The first kappa shape index (κ1) is 17.6. The number of rotatable bonds is 5. The Labute approximate surface area is 155 Å². The molecule has 130 valence electrons. The Morgan fingerprint density at radius 2 is 1.85 bits per heavy atom. The molecule has 0 fully saturated rings. The van der Waals surface area contributed by atoms with Crippen LogP contribution >= 0.6 is 11.6 Å². The molecule has 0 saturated heterocycles. The third-order valence-corrected chi connectivity index (χ3v) is 3.75. The molecule has 0 aliphatic carbocycles. The van der Waals surface area contributed by atoms with E-state index in [2.05, 4.69) is 20.5 Å². The first-order valence-electron chi connectivity index (χ1n) is 7.71. The van der Waals surface area contributed by atoms with Gasteiger partial charge < -0.3 is 4.74 Å². The molecule has 0 saturated carbocycles. The van der Waals surface area contributed by atoms with Gasteiger partial charge in [-0.15, -0.1) is 0 Å². The predicted molar refractivity (Wildman–Crippen MR) is 101 cm³/mol. The fourth-order valence-electron chi connectivity index (χ4n) is 2.15. The van der Waals surface area contributed by atoms with Crippen LogP contribution in [0.1, 0.15) is 16.1 Å². The minimum Gasteiger partial charge on any atom is -0.497 e. The summed E-state index contributed by atoms with van der Waals surface area (Å²) in [6.07, 6.45) is 4.50. The average Bonchev–Trinajstić information content (AvgIpc) is 2.69. The second-order valence-electron chi connectivity index (χ2n) is 5.27. The summed E-state index contributed by atoms with van der Waals surface area (Å²) in [6, 6.07) is 14.4. The largest absolute Gasteiger partial charge is 0.497 e. The van der Waals surface area contributed by atoms with Crippen LogP contribution in [0.2, 0.25) is 5.02 Å². The van der Waals surface area contributed by atoms with Gasteiger partial charge in [0.05, 0.1) is 31.4 Å². The minimum absolute atomic E-state index is 0.173. The second kappa shape index (κ2) is 8.22. The third kappa shape index (κ3) is 4.43. The van der Waals surface area contributed by atoms with Crippen molar-refractivity contribution >= 4 is 23.7 Å². The summed E-state index contributed by atoms with van der Waals surface area (Å²) >= 11 is 5.82. The summed E-state index contributed by atoms with van der Waals surface area (Å²) in [4.78, 5) is 20.6. The molecule has 1 N–H and O–H groups in total. The van der Waals surface area contributed by atoms with Crippen LogP contribution in [0.15, 0.2) is 66.0 Å². The SMILES string of the molecule is COc1ccc(-c2cncc(C(=O)N/N=C/c3ccc(Cl)cc3)n2)cc1. The van der Waals surface area contributed by atoms with Gasteiger partial charge in [-0.3, -0.25) is 9.78 Å². The molecule has 0 spiro atoms. The van der Waals surface area contributed by atoms with Crippen molar-refractivity contribution in [2.24, 2.45) is 5.10 Å². The van der Waals surface area contributed by atoms with Crippen molar-refractivity contribution in [3.05, 3.63) is 77.2 Å². The zero-order valence-corrected chi connectivity index (χ0v) is 14.6. The van der Waals surface area contributed by atoms with Crippen LogP contribution in [0.4, 0.5) is 0 Å². The molecular formula is C19H15ClN4O2. The minimum atomic E-state index is -0.446. The van der Waals surface area contributed by atoms with Crippen LogP contribution in [0.5, 0.6) is 5.75 Å². The molecule has 2 aromatic carbocycles. The van der Waals surface area contributed by atoms with Crippen molar-refractivity contribution in [3.8, 4) is 17.0 Å². The van der Waals surface area contributed by atoms with E-state index in [9.17, 15) is 4.79 Å². The molecule has 1 amide bonds. The van der Waals surface area contributed by atoms with Gasteiger partial charge in [0.1, 0.15) is 11.4 Å². The molecule has 3 rings (SSSR count). The third-order valence-electron chi connectivity index (χ3n) is 3.50. The number of nitrogens with zero attached hydrogens (tertiary/aromatic N) is 3. The number of hydrogen-bond acceptors (Lipinski definition) is 5. The Kier molecular flexibility index (Phi) is 5.56. The number of ether oxygens (including phenoxy) is 1. The van der Waals surface area contributed by atoms with Crippen LogP contribution in [0, 0.1) is 0 Å². The van der Waals surface area contributed by atoms with Crippen molar-refractivity contribution < 1.29 is 9.53 Å². The molecule has 0 aliphatic heterocycles. The van der Waals surface area contributed by atoms with Crippen molar-refractivity contribution in [1.82, 2.24) is 15.4 Å². The molecule has 1 heterocycles. The number of benzene rings is 2. The topological polar surface area (TPSA) is 76.5 Å². The molecule has 0 aliphatic rings. The van der Waals surface area contributed by atoms with Gasteiger partial charge >= 0.3 is 0 Å². The van der Waals surface area contributed by atoms with Crippen molar-refractivity contribution in [3.63, 3.8) is 0 Å². The molecule has 0 atom stereocenters. The summed E-state index contributed by atoms with van der Waals surface area (Å²) in [5, 5.41) is 4.56. The summed E-state index contributed by atoms with van der Waals surface area (Å²) in [5.74, 6) is 0.296. The molecule has 3 aromatic rings. The molecule has 0 bridgehead atoms. The fourth-order valence-corrected chi connectivity index (χ4v) is 2.27. The van der Waals surface area contributed by atoms with Crippen LogP contribution in [-0.4, -0.2) is 29.2 Å². The summed E-state index contributed by atoms with van der Waals surface area (Å²) in [7, 11) is 1.60. The van der Waals surface area contributed by atoms with Crippen molar-refractivity contribution in [2.75, 3.05) is 7.11 Å². The Bertz CT molecular complexity index is 925. The van der Waals surface area contributed by atoms with Gasteiger partial charge in [-0.1, -0.05) is 23.7 Å². The summed E-state index contributed by atoms with van der Waals surface area (Å²) < 4.78 is 5.13. The monoisotopic (exact) mass is 366 g/mol. The molecule has 6 nitrogen and oxygen atoms in total. The molecule has 7 heteroatoms. The molecule has 1 aromatic heterocycles. The highest BCUT2D eigenvalue weighted by Gasteiger charge is 2.09. The lowest BCUT2D eigenvalue weighted by atomic mass is 10.1. The lowest BCUT2D eigenvalue weighted by molar-refractivity contribution is 0.0950. The van der Waals surface area contributed by atoms with E-state index in [1.807, 2.05) is 24.3 Å². The summed E-state index contributed by atoms with van der Waals surface area (Å²) in [6.45, 7) is 0. The number of aromatic nitrogens is 2. The van der Waals surface area contributed by atoms with Gasteiger partial charge in [-0.25, -0.2) is 10.4 Å². The van der Waals surface area contributed by atoms with Crippen LogP contribution < -0.4 is 10.2 Å². The van der Waals surface area contributed by atoms with Gasteiger partial charge in [-0.05, 0) is 42.0 Å². The quantitative estimate of drug-likeness (QED) is 0.553. The van der Waals surface area contributed by atoms with E-state index < -0.39 is 5.91 Å². The number of methoxy groups -OCH3 is 1. The normalized spacial score (nSPS) is 10.7. The number of nitrogens with one attached hydrogen (secondary N) is 1. The van der Waals surface area contributed by atoms with E-state index in [0.29, 0.717) is 10.7 Å². The second-order valence-corrected chi connectivity index (χ2v) is 5.71. The fraction of sp³-hybridized carbons (Fsp3) is 0.0526. The molecular weight excluding hydrogens is 352 g/mol. The zero-order chi connectivity index (χ0) is 18.4. The smallest absolute Gasteiger partial charge is 0.291 e. The van der Waals surface area contributed by atoms with E-state index in [1.54, 1.807) is 37.6 Å². The predicted octanol–water partition coefficient (Wildman–Crippen LogP) is 3.57. The zero-order valence-electron chi connectivity index (χ0n) is 13.9. The Balaban J connectivity index is 1.70. The van der Waals surface area contributed by atoms with E-state index in [0.717, 1.165) is 16.9 Å². The first-order chi connectivity index (χ1) is 12.7. The first-order valence-corrected chi connectivity index (χ1v) is 8.09. The van der Waals surface area contributed by atoms with Gasteiger partial charge in [-0.2, -0.15) is 5.10 Å². The van der Waals surface area contributed by atoms with Crippen LogP contribution in [0.3, 0.4) is 0 Å². The number of carbonyl (C=O) groups excluding carboxylic acids is 1. The number of halogens is 1. The van der Waals surface area contributed by atoms with Gasteiger partial charge in [0.2, 0.25) is 0 Å². The summed E-state index contributed by atoms with van der Waals surface area (Å²) in [5.41, 5.74) is 4.84. The number of hydrogen-bond donors (Lipinski definition) is 1. The Morgan fingerprint density at radius 3 is 2.54 bits per heavy atom. The van der Waals surface area contributed by atoms with Gasteiger partial charge in [0.15, 0.2) is 0 Å². The average molecular weight is 367 g/mol. The van der Waals surface area contributed by atoms with Crippen LogP contribution in [0.25, 0.3) is 11.3 Å². The molecule has 0 radical (unpaired) electrons. The standard InChI is InChI=1S/C19H15ClN4O2/c1-26-16-8-4-14(5-9-16)17-11-21-12-18(23-17)19(25)24-22-10-13-2-6-15(20)7-3-13/h2-12H,1H3,(H,24,25)/b22-10+.